The fourth-order valence-electron chi connectivity index (χ4n) is 3.73. The number of aromatic nitrogens is 2. The molecule has 1 fully saturated rings. The quantitative estimate of drug-likeness (QED) is 0.249. The third-order valence-corrected chi connectivity index (χ3v) is 8.03. The summed E-state index contributed by atoms with van der Waals surface area (Å²) in [5.41, 5.74) is 1.26. The first-order chi connectivity index (χ1) is 17.3. The number of nitrogens with zero attached hydrogens (tertiary/aromatic N) is 4. The highest BCUT2D eigenvalue weighted by atomic mass is 127. The van der Waals surface area contributed by atoms with Crippen LogP contribution >= 0.6 is 61.1 Å². The molecule has 1 amide bonds. The van der Waals surface area contributed by atoms with Gasteiger partial charge in [-0.25, -0.2) is 4.98 Å². The van der Waals surface area contributed by atoms with Gasteiger partial charge in [0.05, 0.1) is 37.5 Å². The molecule has 36 heavy (non-hydrogen) atoms. The maximum atomic E-state index is 13.3. The van der Waals surface area contributed by atoms with Crippen LogP contribution in [0.25, 0.3) is 10.9 Å². The Kier molecular flexibility index (Phi) is 9.39. The molecule has 1 saturated heterocycles. The molecule has 0 N–H and O–H groups in total. The molecule has 1 aliphatic heterocycles. The van der Waals surface area contributed by atoms with E-state index in [9.17, 15) is 9.59 Å². The third-order valence-electron chi connectivity index (χ3n) is 5.93. The van der Waals surface area contributed by atoms with Crippen molar-refractivity contribution in [1.82, 2.24) is 14.6 Å². The van der Waals surface area contributed by atoms with Crippen LogP contribution in [0.1, 0.15) is 37.6 Å². The van der Waals surface area contributed by atoms with E-state index in [4.69, 9.17) is 14.5 Å². The normalized spacial score (nSPS) is 15.0. The topological polar surface area (TPSA) is 86.0 Å². The highest BCUT2D eigenvalue weighted by molar-refractivity contribution is 14.1. The van der Waals surface area contributed by atoms with Crippen molar-refractivity contribution in [2.24, 2.45) is 5.10 Å². The molecule has 0 unspecified atom stereocenters. The van der Waals surface area contributed by atoms with Gasteiger partial charge in [-0.15, -0.1) is 0 Å². The van der Waals surface area contributed by atoms with E-state index in [1.807, 2.05) is 31.2 Å². The van der Waals surface area contributed by atoms with Crippen molar-refractivity contribution in [1.29, 1.82) is 0 Å². The molecule has 0 bridgehead atoms. The lowest BCUT2D eigenvalue weighted by Gasteiger charge is -2.26. The second-order valence-electron chi connectivity index (χ2n) is 8.40. The standard InChI is InChI=1S/C25H25BrI2N4O4/c1-3-15(2)24-30-21-5-4-17(26)12-18(21)25(34)32(24)29-13-16-10-19(27)23(20(28)11-16)36-14-22(33)31-6-8-35-9-7-31/h4-5,10-13,15H,3,6-9,14H2,1-2H3/t15-/m0/s1. The van der Waals surface area contributed by atoms with Crippen molar-refractivity contribution in [2.45, 2.75) is 26.2 Å². The number of hydrogen-bond donors (Lipinski definition) is 0. The minimum Gasteiger partial charge on any atom is -0.482 e. The fourth-order valence-corrected chi connectivity index (χ4v) is 6.22. The number of benzene rings is 2. The van der Waals surface area contributed by atoms with E-state index in [1.54, 1.807) is 17.2 Å². The second kappa shape index (κ2) is 12.3. The third kappa shape index (κ3) is 6.27. The van der Waals surface area contributed by atoms with Crippen LogP contribution in [0.2, 0.25) is 0 Å². The Labute approximate surface area is 244 Å². The van der Waals surface area contributed by atoms with Crippen LogP contribution in [0, 0.1) is 7.14 Å². The van der Waals surface area contributed by atoms with Crippen LogP contribution in [0.4, 0.5) is 0 Å². The van der Waals surface area contributed by atoms with Crippen molar-refractivity contribution in [2.75, 3.05) is 32.9 Å². The number of morpholine rings is 1. The van der Waals surface area contributed by atoms with Crippen LogP contribution in [0.15, 0.2) is 44.7 Å². The lowest BCUT2D eigenvalue weighted by molar-refractivity contribution is -0.137. The smallest absolute Gasteiger partial charge is 0.282 e. The van der Waals surface area contributed by atoms with Gasteiger partial charge in [0.25, 0.3) is 11.5 Å². The van der Waals surface area contributed by atoms with Crippen LogP contribution in [0.3, 0.4) is 0 Å². The van der Waals surface area contributed by atoms with Gasteiger partial charge in [-0.3, -0.25) is 9.59 Å². The fraction of sp³-hybridized carbons (Fsp3) is 0.360. The number of amides is 1. The first-order valence-corrected chi connectivity index (χ1v) is 14.5. The van der Waals surface area contributed by atoms with E-state index in [1.165, 1.54) is 4.68 Å². The lowest BCUT2D eigenvalue weighted by atomic mass is 10.1. The number of halogens is 3. The van der Waals surface area contributed by atoms with E-state index in [0.717, 1.165) is 23.6 Å². The van der Waals surface area contributed by atoms with Crippen LogP contribution in [-0.4, -0.2) is 59.6 Å². The molecule has 4 rings (SSSR count). The Balaban J connectivity index is 1.60. The summed E-state index contributed by atoms with van der Waals surface area (Å²) in [5.74, 6) is 1.29. The molecule has 2 heterocycles. The molecule has 0 saturated carbocycles. The van der Waals surface area contributed by atoms with Crippen molar-refractivity contribution in [3.05, 3.63) is 63.7 Å². The Morgan fingerprint density at radius 1 is 1.25 bits per heavy atom. The molecule has 190 valence electrons. The molecule has 1 aliphatic rings. The second-order valence-corrected chi connectivity index (χ2v) is 11.6. The van der Waals surface area contributed by atoms with Crippen LogP contribution in [-0.2, 0) is 9.53 Å². The van der Waals surface area contributed by atoms with E-state index < -0.39 is 0 Å². The highest BCUT2D eigenvalue weighted by Gasteiger charge is 2.19. The van der Waals surface area contributed by atoms with E-state index in [0.29, 0.717) is 48.8 Å². The Morgan fingerprint density at radius 3 is 2.61 bits per heavy atom. The van der Waals surface area contributed by atoms with Gasteiger partial charge in [-0.05, 0) is 87.5 Å². The number of fused-ring (bicyclic) bond motifs is 1. The molecule has 0 radical (unpaired) electrons. The van der Waals surface area contributed by atoms with Gasteiger partial charge in [0.1, 0.15) is 11.6 Å². The van der Waals surface area contributed by atoms with E-state index in [2.05, 4.69) is 73.1 Å². The summed E-state index contributed by atoms with van der Waals surface area (Å²) in [7, 11) is 0. The number of carbonyl (C=O) groups is 1. The Hall–Kier alpha value is -1.58. The summed E-state index contributed by atoms with van der Waals surface area (Å²) < 4.78 is 15.1. The van der Waals surface area contributed by atoms with Crippen LogP contribution < -0.4 is 10.3 Å². The first kappa shape index (κ1) is 27.5. The molecule has 2 aromatic carbocycles. The van der Waals surface area contributed by atoms with Crippen molar-refractivity contribution < 1.29 is 14.3 Å². The minimum atomic E-state index is -0.209. The molecule has 1 aromatic heterocycles. The molecule has 3 aromatic rings. The zero-order valence-corrected chi connectivity index (χ0v) is 25.7. The Morgan fingerprint density at radius 2 is 1.94 bits per heavy atom. The number of carbonyl (C=O) groups excluding carboxylic acids is 1. The zero-order chi connectivity index (χ0) is 25.8. The van der Waals surface area contributed by atoms with Gasteiger partial charge in [-0.1, -0.05) is 29.8 Å². The van der Waals surface area contributed by atoms with Gasteiger partial charge in [0, 0.05) is 23.5 Å². The molecule has 0 spiro atoms. The maximum Gasteiger partial charge on any atom is 0.282 e. The zero-order valence-electron chi connectivity index (χ0n) is 19.8. The maximum absolute atomic E-state index is 13.3. The summed E-state index contributed by atoms with van der Waals surface area (Å²) in [5, 5.41) is 5.06. The first-order valence-electron chi connectivity index (χ1n) is 11.5. The van der Waals surface area contributed by atoms with E-state index in [-0.39, 0.29) is 24.0 Å². The van der Waals surface area contributed by atoms with Gasteiger partial charge in [0.2, 0.25) is 0 Å². The summed E-state index contributed by atoms with van der Waals surface area (Å²) in [6.07, 6.45) is 2.49. The average molecular weight is 779 g/mol. The van der Waals surface area contributed by atoms with Crippen molar-refractivity contribution >= 4 is 84.1 Å². The average Bonchev–Trinajstić information content (AvgIpc) is 2.87. The summed E-state index contributed by atoms with van der Waals surface area (Å²) >= 11 is 7.82. The molecular formula is C25H25BrI2N4O4. The SMILES string of the molecule is CC[C@H](C)c1nc2ccc(Br)cc2c(=O)n1N=Cc1cc(I)c(OCC(=O)N2CCOCC2)c(I)c1. The van der Waals surface area contributed by atoms with Gasteiger partial charge < -0.3 is 14.4 Å². The molecule has 11 heteroatoms. The largest absolute Gasteiger partial charge is 0.482 e. The summed E-state index contributed by atoms with van der Waals surface area (Å²) in [6, 6.07) is 9.33. The number of hydrogen-bond acceptors (Lipinski definition) is 6. The monoisotopic (exact) mass is 778 g/mol. The molecular weight excluding hydrogens is 754 g/mol. The highest BCUT2D eigenvalue weighted by Crippen LogP contribution is 2.29. The summed E-state index contributed by atoms with van der Waals surface area (Å²) in [4.78, 5) is 32.3. The van der Waals surface area contributed by atoms with Crippen molar-refractivity contribution in [3.63, 3.8) is 0 Å². The minimum absolute atomic E-state index is 0.0224. The summed E-state index contributed by atoms with van der Waals surface area (Å²) in [6.45, 7) is 6.36. The molecule has 1 atom stereocenters. The van der Waals surface area contributed by atoms with Crippen LogP contribution in [0.5, 0.6) is 5.75 Å². The molecule has 8 nitrogen and oxygen atoms in total. The van der Waals surface area contributed by atoms with Crippen molar-refractivity contribution in [3.8, 4) is 5.75 Å². The van der Waals surface area contributed by atoms with Gasteiger partial charge >= 0.3 is 0 Å². The number of ether oxygens (including phenoxy) is 2. The Bertz CT molecular complexity index is 1350. The predicted molar refractivity (Wildman–Crippen MR) is 160 cm³/mol. The molecule has 0 aliphatic carbocycles. The number of rotatable bonds is 7. The predicted octanol–water partition coefficient (Wildman–Crippen LogP) is 5.00. The van der Waals surface area contributed by atoms with Gasteiger partial charge in [-0.2, -0.15) is 9.78 Å². The van der Waals surface area contributed by atoms with Gasteiger partial charge in [0.15, 0.2) is 6.61 Å². The van der Waals surface area contributed by atoms with E-state index >= 15 is 0 Å². The lowest BCUT2D eigenvalue weighted by Crippen LogP contribution is -2.43.